The van der Waals surface area contributed by atoms with E-state index in [1.54, 1.807) is 0 Å². The van der Waals surface area contributed by atoms with E-state index in [0.717, 1.165) is 19.0 Å². The Balaban J connectivity index is 2.04. The molecule has 1 rings (SSSR count). The summed E-state index contributed by atoms with van der Waals surface area (Å²) in [5.41, 5.74) is 0. The van der Waals surface area contributed by atoms with Crippen molar-refractivity contribution in [1.82, 2.24) is 10.2 Å². The molecule has 0 aromatic carbocycles. The van der Waals surface area contributed by atoms with Gasteiger partial charge in [-0.25, -0.2) is 0 Å². The Kier molecular flexibility index (Phi) is 5.77. The van der Waals surface area contributed by atoms with Gasteiger partial charge in [-0.15, -0.1) is 0 Å². The minimum absolute atomic E-state index is 0.226. The fourth-order valence-electron chi connectivity index (χ4n) is 2.17. The van der Waals surface area contributed by atoms with Crippen LogP contribution in [0.5, 0.6) is 0 Å². The molecule has 1 aliphatic heterocycles. The van der Waals surface area contributed by atoms with E-state index in [4.69, 9.17) is 5.11 Å². The van der Waals surface area contributed by atoms with E-state index < -0.39 is 5.97 Å². The van der Waals surface area contributed by atoms with Crippen LogP contribution in [0.4, 0.5) is 0 Å². The van der Waals surface area contributed by atoms with E-state index in [1.807, 2.05) is 6.92 Å². The van der Waals surface area contributed by atoms with Gasteiger partial charge in [0.15, 0.2) is 0 Å². The van der Waals surface area contributed by atoms with Crippen molar-refractivity contribution < 1.29 is 9.90 Å². The quantitative estimate of drug-likeness (QED) is 0.713. The lowest BCUT2D eigenvalue weighted by Crippen LogP contribution is -2.36. The van der Waals surface area contributed by atoms with E-state index in [9.17, 15) is 4.79 Å². The first-order chi connectivity index (χ1) is 7.58. The first-order valence-electron chi connectivity index (χ1n) is 6.19. The van der Waals surface area contributed by atoms with Crippen molar-refractivity contribution in [2.75, 3.05) is 33.2 Å². The van der Waals surface area contributed by atoms with Gasteiger partial charge in [0.25, 0.3) is 0 Å². The molecule has 1 heterocycles. The summed E-state index contributed by atoms with van der Waals surface area (Å²) in [5.74, 6) is 0.297. The van der Waals surface area contributed by atoms with Crippen molar-refractivity contribution >= 4 is 5.97 Å². The Morgan fingerprint density at radius 2 is 2.12 bits per heavy atom. The van der Waals surface area contributed by atoms with Gasteiger partial charge in [0.05, 0.1) is 0 Å². The molecule has 1 atom stereocenters. The van der Waals surface area contributed by atoms with Crippen LogP contribution in [0, 0.1) is 11.8 Å². The van der Waals surface area contributed by atoms with E-state index in [1.165, 1.54) is 25.9 Å². The molecule has 0 aromatic heterocycles. The highest BCUT2D eigenvalue weighted by molar-refractivity contribution is 5.66. The Morgan fingerprint density at radius 3 is 2.69 bits per heavy atom. The van der Waals surface area contributed by atoms with Gasteiger partial charge in [0.2, 0.25) is 0 Å². The summed E-state index contributed by atoms with van der Waals surface area (Å²) < 4.78 is 0. The third-order valence-corrected chi connectivity index (χ3v) is 3.29. The lowest BCUT2D eigenvalue weighted by Gasteiger charge is -2.29. The SMILES string of the molecule is CC(CNCC1CCN(C)CC1)CC(=O)O. The first-order valence-corrected chi connectivity index (χ1v) is 6.19. The van der Waals surface area contributed by atoms with Crippen LogP contribution in [0.3, 0.4) is 0 Å². The van der Waals surface area contributed by atoms with E-state index in [-0.39, 0.29) is 12.3 Å². The summed E-state index contributed by atoms with van der Waals surface area (Å²) in [7, 11) is 2.17. The largest absolute Gasteiger partial charge is 0.481 e. The van der Waals surface area contributed by atoms with Crippen LogP contribution in [-0.2, 0) is 4.79 Å². The molecule has 2 N–H and O–H groups in total. The summed E-state index contributed by atoms with van der Waals surface area (Å²) in [6, 6.07) is 0. The number of aliphatic carboxylic acids is 1. The zero-order valence-corrected chi connectivity index (χ0v) is 10.4. The molecule has 16 heavy (non-hydrogen) atoms. The van der Waals surface area contributed by atoms with Crippen LogP contribution in [0.1, 0.15) is 26.2 Å². The minimum atomic E-state index is -0.700. The maximum absolute atomic E-state index is 10.5. The monoisotopic (exact) mass is 228 g/mol. The van der Waals surface area contributed by atoms with Crippen LogP contribution in [0.2, 0.25) is 0 Å². The second kappa shape index (κ2) is 6.86. The zero-order chi connectivity index (χ0) is 12.0. The molecular formula is C12H24N2O2. The van der Waals surface area contributed by atoms with Gasteiger partial charge >= 0.3 is 5.97 Å². The summed E-state index contributed by atoms with van der Waals surface area (Å²) in [5, 5.41) is 12.0. The van der Waals surface area contributed by atoms with Crippen LogP contribution >= 0.6 is 0 Å². The van der Waals surface area contributed by atoms with Gasteiger partial charge in [0, 0.05) is 6.42 Å². The van der Waals surface area contributed by atoms with Crippen LogP contribution in [0.25, 0.3) is 0 Å². The van der Waals surface area contributed by atoms with Crippen molar-refractivity contribution in [3.8, 4) is 0 Å². The maximum atomic E-state index is 10.5. The Bertz CT molecular complexity index is 213. The molecule has 1 aliphatic rings. The van der Waals surface area contributed by atoms with Gasteiger partial charge in [-0.05, 0) is 57.9 Å². The molecule has 4 nitrogen and oxygen atoms in total. The van der Waals surface area contributed by atoms with Crippen molar-refractivity contribution in [2.45, 2.75) is 26.2 Å². The highest BCUT2D eigenvalue weighted by Crippen LogP contribution is 2.14. The number of nitrogens with one attached hydrogen (secondary N) is 1. The van der Waals surface area contributed by atoms with Crippen molar-refractivity contribution in [2.24, 2.45) is 11.8 Å². The Labute approximate surface area is 98.0 Å². The van der Waals surface area contributed by atoms with Crippen LogP contribution in [-0.4, -0.2) is 49.2 Å². The van der Waals surface area contributed by atoms with Crippen molar-refractivity contribution in [3.63, 3.8) is 0 Å². The van der Waals surface area contributed by atoms with Crippen LogP contribution in [0.15, 0.2) is 0 Å². The van der Waals surface area contributed by atoms with E-state index in [0.29, 0.717) is 0 Å². The molecule has 0 aromatic rings. The Morgan fingerprint density at radius 1 is 1.50 bits per heavy atom. The number of nitrogens with zero attached hydrogens (tertiary/aromatic N) is 1. The number of carboxylic acid groups (broad SMARTS) is 1. The molecule has 94 valence electrons. The third kappa shape index (κ3) is 5.47. The second-order valence-electron chi connectivity index (χ2n) is 5.11. The first kappa shape index (κ1) is 13.5. The molecule has 1 fully saturated rings. The average Bonchev–Trinajstić information content (AvgIpc) is 2.20. The number of carboxylic acids is 1. The summed E-state index contributed by atoms with van der Waals surface area (Å²) in [6.07, 6.45) is 2.79. The number of piperidine rings is 1. The molecule has 0 radical (unpaired) electrons. The smallest absolute Gasteiger partial charge is 0.303 e. The molecule has 0 bridgehead atoms. The second-order valence-corrected chi connectivity index (χ2v) is 5.11. The zero-order valence-electron chi connectivity index (χ0n) is 10.4. The number of hydrogen-bond donors (Lipinski definition) is 2. The summed E-state index contributed by atoms with van der Waals surface area (Å²) in [6.45, 7) is 6.22. The van der Waals surface area contributed by atoms with Crippen LogP contribution < -0.4 is 5.32 Å². The molecular weight excluding hydrogens is 204 g/mol. The molecule has 0 saturated carbocycles. The normalized spacial score (nSPS) is 20.9. The highest BCUT2D eigenvalue weighted by atomic mass is 16.4. The molecule has 0 amide bonds. The fourth-order valence-corrected chi connectivity index (χ4v) is 2.17. The number of rotatable bonds is 6. The molecule has 1 saturated heterocycles. The summed E-state index contributed by atoms with van der Waals surface area (Å²) in [4.78, 5) is 12.8. The van der Waals surface area contributed by atoms with Crippen molar-refractivity contribution in [1.29, 1.82) is 0 Å². The highest BCUT2D eigenvalue weighted by Gasteiger charge is 2.16. The molecule has 4 heteroatoms. The summed E-state index contributed by atoms with van der Waals surface area (Å²) >= 11 is 0. The average molecular weight is 228 g/mol. The van der Waals surface area contributed by atoms with Gasteiger partial charge in [-0.2, -0.15) is 0 Å². The fraction of sp³-hybridized carbons (Fsp3) is 0.917. The minimum Gasteiger partial charge on any atom is -0.481 e. The van der Waals surface area contributed by atoms with Gasteiger partial charge < -0.3 is 15.3 Å². The predicted octanol–water partition coefficient (Wildman–Crippen LogP) is 1.03. The standard InChI is InChI=1S/C12H24N2O2/c1-10(7-12(15)16)8-13-9-11-3-5-14(2)6-4-11/h10-11,13H,3-9H2,1-2H3,(H,15,16). The lowest BCUT2D eigenvalue weighted by atomic mass is 9.97. The maximum Gasteiger partial charge on any atom is 0.303 e. The van der Waals surface area contributed by atoms with Gasteiger partial charge in [-0.1, -0.05) is 6.92 Å². The van der Waals surface area contributed by atoms with Crippen molar-refractivity contribution in [3.05, 3.63) is 0 Å². The Hall–Kier alpha value is -0.610. The lowest BCUT2D eigenvalue weighted by molar-refractivity contribution is -0.137. The van der Waals surface area contributed by atoms with Gasteiger partial charge in [-0.3, -0.25) is 4.79 Å². The predicted molar refractivity (Wildman–Crippen MR) is 64.5 cm³/mol. The molecule has 0 aliphatic carbocycles. The van der Waals surface area contributed by atoms with Gasteiger partial charge in [0.1, 0.15) is 0 Å². The molecule has 1 unspecified atom stereocenters. The van der Waals surface area contributed by atoms with E-state index >= 15 is 0 Å². The molecule has 0 spiro atoms. The number of carbonyl (C=O) groups is 1. The topological polar surface area (TPSA) is 52.6 Å². The third-order valence-electron chi connectivity index (χ3n) is 3.29. The number of hydrogen-bond acceptors (Lipinski definition) is 3. The van der Waals surface area contributed by atoms with E-state index in [2.05, 4.69) is 17.3 Å². The number of likely N-dealkylation sites (tertiary alicyclic amines) is 1.